The Balaban J connectivity index is 3.36. The van der Waals surface area contributed by atoms with Gasteiger partial charge in [-0.15, -0.1) is 0 Å². The van der Waals surface area contributed by atoms with Gasteiger partial charge in [0.1, 0.15) is 0 Å². The zero-order valence-corrected chi connectivity index (χ0v) is 9.55. The van der Waals surface area contributed by atoms with Gasteiger partial charge in [-0.2, -0.15) is 0 Å². The monoisotopic (exact) mass is 201 g/mol. The van der Waals surface area contributed by atoms with Crippen molar-refractivity contribution in [2.45, 2.75) is 32.2 Å². The lowest BCUT2D eigenvalue weighted by molar-refractivity contribution is -0.121. The number of carbonyl (C=O) groups excluding carboxylic acids is 1. The quantitative estimate of drug-likeness (QED) is 0.578. The van der Waals surface area contributed by atoms with Gasteiger partial charge in [0.25, 0.3) is 0 Å². The summed E-state index contributed by atoms with van der Waals surface area (Å²) in [6.45, 7) is 3.73. The highest BCUT2D eigenvalue weighted by Crippen LogP contribution is 1.92. The van der Waals surface area contributed by atoms with E-state index < -0.39 is 0 Å². The maximum Gasteiger partial charge on any atom is 0.221 e. The van der Waals surface area contributed by atoms with Crippen LogP contribution in [0.3, 0.4) is 0 Å². The molecule has 0 bridgehead atoms. The number of carbonyl (C=O) groups is 1. The summed E-state index contributed by atoms with van der Waals surface area (Å²) in [5.41, 5.74) is 5.66. The maximum atomic E-state index is 11.3. The highest BCUT2D eigenvalue weighted by atomic mass is 16.1. The van der Waals surface area contributed by atoms with Gasteiger partial charge in [-0.05, 0) is 33.5 Å². The largest absolute Gasteiger partial charge is 0.356 e. The molecule has 0 rings (SSSR count). The van der Waals surface area contributed by atoms with E-state index in [0.717, 1.165) is 25.9 Å². The summed E-state index contributed by atoms with van der Waals surface area (Å²) in [4.78, 5) is 13.4. The van der Waals surface area contributed by atoms with Gasteiger partial charge in [-0.3, -0.25) is 4.79 Å². The van der Waals surface area contributed by atoms with Crippen LogP contribution < -0.4 is 11.1 Å². The van der Waals surface area contributed by atoms with Gasteiger partial charge >= 0.3 is 0 Å². The van der Waals surface area contributed by atoms with Crippen molar-refractivity contribution in [2.75, 3.05) is 27.2 Å². The molecule has 0 heterocycles. The molecule has 0 aromatic rings. The molecule has 0 spiro atoms. The van der Waals surface area contributed by atoms with E-state index in [4.69, 9.17) is 5.73 Å². The average molecular weight is 201 g/mol. The summed E-state index contributed by atoms with van der Waals surface area (Å²) in [5.74, 6) is 0.0677. The fourth-order valence-electron chi connectivity index (χ4n) is 1.08. The van der Waals surface area contributed by atoms with Crippen LogP contribution in [0.25, 0.3) is 0 Å². The molecule has 4 nitrogen and oxygen atoms in total. The fraction of sp³-hybridized carbons (Fsp3) is 0.900. The number of nitrogens with zero attached hydrogens (tertiary/aromatic N) is 1. The molecule has 0 saturated carbocycles. The second-order valence-electron chi connectivity index (χ2n) is 3.88. The van der Waals surface area contributed by atoms with Crippen molar-refractivity contribution >= 4 is 5.91 Å². The normalized spacial score (nSPS) is 12.9. The first-order chi connectivity index (χ1) is 6.56. The molecule has 0 aliphatic carbocycles. The number of rotatable bonds is 7. The van der Waals surface area contributed by atoms with Gasteiger partial charge in [0.2, 0.25) is 5.91 Å². The van der Waals surface area contributed by atoms with E-state index in [9.17, 15) is 4.79 Å². The van der Waals surface area contributed by atoms with Crippen LogP contribution in [0, 0.1) is 0 Å². The van der Waals surface area contributed by atoms with Crippen molar-refractivity contribution in [2.24, 2.45) is 5.73 Å². The first-order valence-corrected chi connectivity index (χ1v) is 5.23. The number of hydrogen-bond acceptors (Lipinski definition) is 3. The zero-order chi connectivity index (χ0) is 11.0. The average Bonchev–Trinajstić information content (AvgIpc) is 2.12. The van der Waals surface area contributed by atoms with E-state index in [-0.39, 0.29) is 11.9 Å². The molecule has 1 unspecified atom stereocenters. The van der Waals surface area contributed by atoms with Crippen LogP contribution in [-0.2, 0) is 4.79 Å². The first-order valence-electron chi connectivity index (χ1n) is 5.23. The summed E-state index contributed by atoms with van der Waals surface area (Å²) < 4.78 is 0. The van der Waals surface area contributed by atoms with Crippen LogP contribution >= 0.6 is 0 Å². The Bertz CT molecular complexity index is 159. The van der Waals surface area contributed by atoms with Crippen LogP contribution in [-0.4, -0.2) is 44.0 Å². The smallest absolute Gasteiger partial charge is 0.221 e. The van der Waals surface area contributed by atoms with E-state index in [1.54, 1.807) is 0 Å². The molecule has 1 amide bonds. The molecule has 3 N–H and O–H groups in total. The fourth-order valence-corrected chi connectivity index (χ4v) is 1.08. The predicted molar refractivity (Wildman–Crippen MR) is 59.1 cm³/mol. The second kappa shape index (κ2) is 7.76. The number of nitrogens with one attached hydrogen (secondary N) is 1. The van der Waals surface area contributed by atoms with Gasteiger partial charge in [-0.1, -0.05) is 6.92 Å². The SMILES string of the molecule is CCC(N)CC(=O)NCCCN(C)C. The van der Waals surface area contributed by atoms with E-state index in [1.807, 2.05) is 21.0 Å². The minimum absolute atomic E-state index is 0.00356. The highest BCUT2D eigenvalue weighted by molar-refractivity contribution is 5.76. The Kier molecular flexibility index (Phi) is 7.42. The zero-order valence-electron chi connectivity index (χ0n) is 9.55. The minimum Gasteiger partial charge on any atom is -0.356 e. The molecule has 0 aromatic heterocycles. The van der Waals surface area contributed by atoms with Crippen molar-refractivity contribution in [3.63, 3.8) is 0 Å². The molecule has 4 heteroatoms. The standard InChI is InChI=1S/C10H23N3O/c1-4-9(11)8-10(14)12-6-5-7-13(2)3/h9H,4-8,11H2,1-3H3,(H,12,14). The molecule has 14 heavy (non-hydrogen) atoms. The Morgan fingerprint density at radius 1 is 1.50 bits per heavy atom. The third-order valence-electron chi connectivity index (χ3n) is 2.08. The van der Waals surface area contributed by atoms with Gasteiger partial charge in [-0.25, -0.2) is 0 Å². The molecule has 0 aliphatic heterocycles. The van der Waals surface area contributed by atoms with Crippen LogP contribution in [0.15, 0.2) is 0 Å². The van der Waals surface area contributed by atoms with Crippen molar-refractivity contribution in [1.29, 1.82) is 0 Å². The van der Waals surface area contributed by atoms with Gasteiger partial charge in [0.15, 0.2) is 0 Å². The molecule has 0 saturated heterocycles. The van der Waals surface area contributed by atoms with E-state index in [2.05, 4.69) is 10.2 Å². The number of amides is 1. The Hall–Kier alpha value is -0.610. The summed E-state index contributed by atoms with van der Waals surface area (Å²) >= 11 is 0. The summed E-state index contributed by atoms with van der Waals surface area (Å²) in [7, 11) is 4.05. The lowest BCUT2D eigenvalue weighted by atomic mass is 10.1. The van der Waals surface area contributed by atoms with Gasteiger partial charge in [0.05, 0.1) is 0 Å². The van der Waals surface area contributed by atoms with Crippen LogP contribution in [0.2, 0.25) is 0 Å². The second-order valence-corrected chi connectivity index (χ2v) is 3.88. The predicted octanol–water partition coefficient (Wildman–Crippen LogP) is 0.182. The molecule has 0 aliphatic rings. The lowest BCUT2D eigenvalue weighted by Crippen LogP contribution is -2.32. The Morgan fingerprint density at radius 2 is 2.14 bits per heavy atom. The van der Waals surface area contributed by atoms with E-state index >= 15 is 0 Å². The van der Waals surface area contributed by atoms with Crippen LogP contribution in [0.1, 0.15) is 26.2 Å². The highest BCUT2D eigenvalue weighted by Gasteiger charge is 2.06. The first kappa shape index (κ1) is 13.4. The van der Waals surface area contributed by atoms with Crippen molar-refractivity contribution in [3.8, 4) is 0 Å². The minimum atomic E-state index is 0.00356. The topological polar surface area (TPSA) is 58.4 Å². The Labute approximate surface area is 86.8 Å². The Morgan fingerprint density at radius 3 is 2.64 bits per heavy atom. The van der Waals surface area contributed by atoms with Crippen LogP contribution in [0.5, 0.6) is 0 Å². The third kappa shape index (κ3) is 8.01. The lowest BCUT2D eigenvalue weighted by Gasteiger charge is -2.11. The third-order valence-corrected chi connectivity index (χ3v) is 2.08. The van der Waals surface area contributed by atoms with E-state index in [1.165, 1.54) is 0 Å². The van der Waals surface area contributed by atoms with E-state index in [0.29, 0.717) is 6.42 Å². The molecular formula is C10H23N3O. The summed E-state index contributed by atoms with van der Waals surface area (Å²) in [6, 6.07) is 0.00356. The van der Waals surface area contributed by atoms with Gasteiger partial charge in [0, 0.05) is 19.0 Å². The van der Waals surface area contributed by atoms with Crippen molar-refractivity contribution in [1.82, 2.24) is 10.2 Å². The number of nitrogens with two attached hydrogens (primary N) is 1. The summed E-state index contributed by atoms with van der Waals surface area (Å²) in [5, 5.41) is 2.86. The molecule has 1 atom stereocenters. The van der Waals surface area contributed by atoms with Crippen molar-refractivity contribution < 1.29 is 4.79 Å². The molecule has 0 radical (unpaired) electrons. The van der Waals surface area contributed by atoms with Crippen molar-refractivity contribution in [3.05, 3.63) is 0 Å². The number of hydrogen-bond donors (Lipinski definition) is 2. The molecular weight excluding hydrogens is 178 g/mol. The van der Waals surface area contributed by atoms with Crippen LogP contribution in [0.4, 0.5) is 0 Å². The molecule has 84 valence electrons. The van der Waals surface area contributed by atoms with Gasteiger partial charge < -0.3 is 16.0 Å². The maximum absolute atomic E-state index is 11.3. The molecule has 0 aromatic carbocycles. The molecule has 0 fully saturated rings. The summed E-state index contributed by atoms with van der Waals surface area (Å²) in [6.07, 6.45) is 2.28.